The molecule has 1 fully saturated rings. The average Bonchev–Trinajstić information content (AvgIpc) is 2.26. The van der Waals surface area contributed by atoms with E-state index >= 15 is 0 Å². The van der Waals surface area contributed by atoms with Crippen molar-refractivity contribution in [1.82, 2.24) is 5.32 Å². The van der Waals surface area contributed by atoms with Crippen LogP contribution >= 0.6 is 0 Å². The number of hydrogen-bond acceptors (Lipinski definition) is 2. The maximum absolute atomic E-state index is 11.8. The summed E-state index contributed by atoms with van der Waals surface area (Å²) in [5.74, 6) is 1.64. The van der Waals surface area contributed by atoms with E-state index in [2.05, 4.69) is 33.0 Å². The molecule has 2 unspecified atom stereocenters. The number of nitrogens with two attached hydrogens (primary N) is 1. The van der Waals surface area contributed by atoms with E-state index in [0.29, 0.717) is 17.8 Å². The van der Waals surface area contributed by atoms with Crippen LogP contribution in [0.15, 0.2) is 0 Å². The Morgan fingerprint density at radius 3 is 2.53 bits per heavy atom. The zero-order valence-corrected chi connectivity index (χ0v) is 11.8. The van der Waals surface area contributed by atoms with E-state index in [9.17, 15) is 4.79 Å². The number of carbonyl (C=O) groups is 1. The van der Waals surface area contributed by atoms with Crippen LogP contribution in [0.2, 0.25) is 0 Å². The number of carbonyl (C=O) groups excluding carboxylic acids is 1. The Labute approximate surface area is 106 Å². The molecule has 0 aromatic carbocycles. The Hall–Kier alpha value is -0.570. The van der Waals surface area contributed by atoms with Gasteiger partial charge in [0.15, 0.2) is 0 Å². The molecule has 1 aliphatic carbocycles. The summed E-state index contributed by atoms with van der Waals surface area (Å²) in [6, 6.07) is 0. The Kier molecular flexibility index (Phi) is 4.99. The summed E-state index contributed by atoms with van der Waals surface area (Å²) in [6.45, 7) is 9.66. The van der Waals surface area contributed by atoms with Crippen LogP contribution in [0.3, 0.4) is 0 Å². The molecule has 100 valence electrons. The normalized spacial score (nSPS) is 29.9. The van der Waals surface area contributed by atoms with Gasteiger partial charge in [0.1, 0.15) is 0 Å². The molecule has 0 heterocycles. The molecule has 0 bridgehead atoms. The smallest absolute Gasteiger partial charge is 0.237 e. The van der Waals surface area contributed by atoms with Crippen LogP contribution in [0.1, 0.15) is 53.4 Å². The van der Waals surface area contributed by atoms with Crippen LogP contribution in [0, 0.1) is 17.8 Å². The fraction of sp³-hybridized carbons (Fsp3) is 0.929. The summed E-state index contributed by atoms with van der Waals surface area (Å²) in [7, 11) is 0. The number of amides is 1. The van der Waals surface area contributed by atoms with Gasteiger partial charge in [0.25, 0.3) is 0 Å². The van der Waals surface area contributed by atoms with Crippen LogP contribution in [-0.2, 0) is 4.79 Å². The second-order valence-corrected chi connectivity index (χ2v) is 6.32. The lowest BCUT2D eigenvalue weighted by atomic mass is 9.71. The standard InChI is InChI=1S/C14H28N2O/c1-10(2)9-16-14(13(15)17)7-5-6-12(8-14)11(3)4/h10-12,16H,5-9H2,1-4H3,(H2,15,17). The average molecular weight is 240 g/mol. The predicted molar refractivity (Wildman–Crippen MR) is 71.6 cm³/mol. The first-order valence-corrected chi connectivity index (χ1v) is 6.92. The Bertz CT molecular complexity index is 263. The number of nitrogens with one attached hydrogen (secondary N) is 1. The Balaban J connectivity index is 2.73. The molecule has 0 aliphatic heterocycles. The van der Waals surface area contributed by atoms with Gasteiger partial charge in [-0.2, -0.15) is 0 Å². The van der Waals surface area contributed by atoms with Crippen molar-refractivity contribution in [3.8, 4) is 0 Å². The van der Waals surface area contributed by atoms with Crippen LogP contribution in [0.5, 0.6) is 0 Å². The molecule has 0 aromatic heterocycles. The van der Waals surface area contributed by atoms with E-state index in [0.717, 1.165) is 25.8 Å². The SMILES string of the molecule is CC(C)CNC1(C(N)=O)CCCC(C(C)C)C1. The lowest BCUT2D eigenvalue weighted by molar-refractivity contribution is -0.126. The molecule has 0 radical (unpaired) electrons. The largest absolute Gasteiger partial charge is 0.368 e. The molecule has 2 atom stereocenters. The van der Waals surface area contributed by atoms with Crippen molar-refractivity contribution in [2.75, 3.05) is 6.54 Å². The van der Waals surface area contributed by atoms with E-state index < -0.39 is 5.54 Å². The molecule has 0 aromatic rings. The first kappa shape index (κ1) is 14.5. The molecular weight excluding hydrogens is 212 g/mol. The van der Waals surface area contributed by atoms with Crippen molar-refractivity contribution in [2.45, 2.75) is 58.9 Å². The van der Waals surface area contributed by atoms with Crippen molar-refractivity contribution < 1.29 is 4.79 Å². The minimum Gasteiger partial charge on any atom is -0.368 e. The molecule has 1 aliphatic rings. The summed E-state index contributed by atoms with van der Waals surface area (Å²) < 4.78 is 0. The molecular formula is C14H28N2O. The van der Waals surface area contributed by atoms with E-state index in [1.807, 2.05) is 0 Å². The van der Waals surface area contributed by atoms with Crippen molar-refractivity contribution in [3.63, 3.8) is 0 Å². The van der Waals surface area contributed by atoms with Crippen molar-refractivity contribution in [1.29, 1.82) is 0 Å². The van der Waals surface area contributed by atoms with Gasteiger partial charge >= 0.3 is 0 Å². The fourth-order valence-corrected chi connectivity index (χ4v) is 2.76. The predicted octanol–water partition coefficient (Wildman–Crippen LogP) is 2.30. The number of primary amides is 1. The monoisotopic (exact) mass is 240 g/mol. The molecule has 1 rings (SSSR count). The molecule has 1 amide bonds. The highest BCUT2D eigenvalue weighted by Gasteiger charge is 2.41. The Morgan fingerprint density at radius 2 is 2.06 bits per heavy atom. The van der Waals surface area contributed by atoms with E-state index in [4.69, 9.17) is 5.73 Å². The highest BCUT2D eigenvalue weighted by molar-refractivity contribution is 5.84. The lowest BCUT2D eigenvalue weighted by Gasteiger charge is -2.41. The first-order valence-electron chi connectivity index (χ1n) is 6.92. The van der Waals surface area contributed by atoms with E-state index in [-0.39, 0.29) is 5.91 Å². The second kappa shape index (κ2) is 5.85. The number of rotatable bonds is 5. The van der Waals surface area contributed by atoms with Crippen molar-refractivity contribution >= 4 is 5.91 Å². The quantitative estimate of drug-likeness (QED) is 0.774. The fourth-order valence-electron chi connectivity index (χ4n) is 2.76. The van der Waals surface area contributed by atoms with Gasteiger partial charge in [0.05, 0.1) is 5.54 Å². The second-order valence-electron chi connectivity index (χ2n) is 6.32. The zero-order valence-electron chi connectivity index (χ0n) is 11.8. The summed E-state index contributed by atoms with van der Waals surface area (Å²) in [5, 5.41) is 3.44. The van der Waals surface area contributed by atoms with Gasteiger partial charge in [0, 0.05) is 0 Å². The van der Waals surface area contributed by atoms with Gasteiger partial charge in [-0.15, -0.1) is 0 Å². The molecule has 3 heteroatoms. The molecule has 3 nitrogen and oxygen atoms in total. The maximum Gasteiger partial charge on any atom is 0.237 e. The lowest BCUT2D eigenvalue weighted by Crippen LogP contribution is -2.59. The van der Waals surface area contributed by atoms with Crippen molar-refractivity contribution in [2.24, 2.45) is 23.5 Å². The van der Waals surface area contributed by atoms with Crippen LogP contribution < -0.4 is 11.1 Å². The zero-order chi connectivity index (χ0) is 13.1. The van der Waals surface area contributed by atoms with E-state index in [1.54, 1.807) is 0 Å². The van der Waals surface area contributed by atoms with Gasteiger partial charge in [0.2, 0.25) is 5.91 Å². The molecule has 0 spiro atoms. The van der Waals surface area contributed by atoms with Gasteiger partial charge < -0.3 is 11.1 Å². The number of hydrogen-bond donors (Lipinski definition) is 2. The Morgan fingerprint density at radius 1 is 1.41 bits per heavy atom. The van der Waals surface area contributed by atoms with Crippen LogP contribution in [0.4, 0.5) is 0 Å². The third kappa shape index (κ3) is 3.70. The molecule has 0 saturated heterocycles. The van der Waals surface area contributed by atoms with Gasteiger partial charge in [-0.25, -0.2) is 0 Å². The molecule has 3 N–H and O–H groups in total. The summed E-state index contributed by atoms with van der Waals surface area (Å²) >= 11 is 0. The summed E-state index contributed by atoms with van der Waals surface area (Å²) in [4.78, 5) is 11.8. The van der Waals surface area contributed by atoms with Crippen LogP contribution in [0.25, 0.3) is 0 Å². The topological polar surface area (TPSA) is 55.1 Å². The highest BCUT2D eigenvalue weighted by atomic mass is 16.1. The molecule has 1 saturated carbocycles. The maximum atomic E-state index is 11.8. The highest BCUT2D eigenvalue weighted by Crippen LogP contribution is 2.36. The minimum absolute atomic E-state index is 0.163. The van der Waals surface area contributed by atoms with Crippen LogP contribution in [-0.4, -0.2) is 18.0 Å². The van der Waals surface area contributed by atoms with E-state index in [1.165, 1.54) is 6.42 Å². The van der Waals surface area contributed by atoms with Gasteiger partial charge in [-0.1, -0.05) is 40.5 Å². The van der Waals surface area contributed by atoms with Gasteiger partial charge in [-0.05, 0) is 37.1 Å². The molecule has 17 heavy (non-hydrogen) atoms. The minimum atomic E-state index is -0.447. The van der Waals surface area contributed by atoms with Crippen molar-refractivity contribution in [3.05, 3.63) is 0 Å². The third-order valence-corrected chi connectivity index (χ3v) is 4.05. The summed E-state index contributed by atoms with van der Waals surface area (Å²) in [5.41, 5.74) is 5.20. The summed E-state index contributed by atoms with van der Waals surface area (Å²) in [6.07, 6.45) is 4.15. The van der Waals surface area contributed by atoms with Gasteiger partial charge in [-0.3, -0.25) is 4.79 Å². The first-order chi connectivity index (χ1) is 7.87. The third-order valence-electron chi connectivity index (χ3n) is 4.05.